The van der Waals surface area contributed by atoms with Crippen LogP contribution >= 0.6 is 23.2 Å². The van der Waals surface area contributed by atoms with Crippen LogP contribution in [-0.4, -0.2) is 18.5 Å². The Kier molecular flexibility index (Phi) is 4.39. The number of benzene rings is 1. The lowest BCUT2D eigenvalue weighted by Crippen LogP contribution is -2.37. The van der Waals surface area contributed by atoms with Crippen LogP contribution in [-0.2, 0) is 0 Å². The van der Waals surface area contributed by atoms with Crippen LogP contribution in [0.4, 0.5) is 0 Å². The Labute approximate surface area is 98.5 Å². The predicted octanol–water partition coefficient (Wildman–Crippen LogP) is 2.07. The number of rotatable bonds is 3. The zero-order chi connectivity index (χ0) is 11.4. The van der Waals surface area contributed by atoms with Gasteiger partial charge in [-0.3, -0.25) is 4.79 Å². The van der Waals surface area contributed by atoms with Crippen molar-refractivity contribution in [2.45, 2.75) is 13.0 Å². The molecule has 5 heteroatoms. The Bertz CT molecular complexity index is 368. The van der Waals surface area contributed by atoms with Gasteiger partial charge in [-0.25, -0.2) is 0 Å². The molecule has 0 aliphatic heterocycles. The summed E-state index contributed by atoms with van der Waals surface area (Å²) >= 11 is 11.6. The third-order valence-corrected chi connectivity index (χ3v) is 2.47. The first-order chi connectivity index (χ1) is 7.04. The third-order valence-electron chi connectivity index (χ3n) is 1.90. The second kappa shape index (κ2) is 5.35. The lowest BCUT2D eigenvalue weighted by atomic mass is 10.2. The van der Waals surface area contributed by atoms with Crippen molar-refractivity contribution in [3.63, 3.8) is 0 Å². The first-order valence-electron chi connectivity index (χ1n) is 4.50. The number of hydrogen-bond donors (Lipinski definition) is 2. The summed E-state index contributed by atoms with van der Waals surface area (Å²) in [5.41, 5.74) is 5.76. The van der Waals surface area contributed by atoms with Gasteiger partial charge in [0.2, 0.25) is 0 Å². The largest absolute Gasteiger partial charge is 0.348 e. The molecule has 0 radical (unpaired) electrons. The average molecular weight is 247 g/mol. The molecule has 1 amide bonds. The molecule has 1 rings (SSSR count). The van der Waals surface area contributed by atoms with E-state index in [0.29, 0.717) is 22.2 Å². The molecule has 3 N–H and O–H groups in total. The summed E-state index contributed by atoms with van der Waals surface area (Å²) in [6, 6.07) is 4.66. The lowest BCUT2D eigenvalue weighted by molar-refractivity contribution is 0.0941. The van der Waals surface area contributed by atoms with E-state index < -0.39 is 0 Å². The zero-order valence-corrected chi connectivity index (χ0v) is 9.77. The Hall–Kier alpha value is -0.770. The molecule has 0 aromatic heterocycles. The minimum atomic E-state index is -0.263. The van der Waals surface area contributed by atoms with Gasteiger partial charge in [-0.15, -0.1) is 0 Å². The van der Waals surface area contributed by atoms with Crippen LogP contribution in [0.15, 0.2) is 18.2 Å². The Morgan fingerprint density at radius 2 is 2.20 bits per heavy atom. The number of hydrogen-bond acceptors (Lipinski definition) is 2. The highest BCUT2D eigenvalue weighted by molar-refractivity contribution is 6.35. The van der Waals surface area contributed by atoms with Crippen LogP contribution in [0.25, 0.3) is 0 Å². The fraction of sp³-hybridized carbons (Fsp3) is 0.300. The van der Waals surface area contributed by atoms with Crippen molar-refractivity contribution in [1.29, 1.82) is 0 Å². The number of halogens is 2. The van der Waals surface area contributed by atoms with Crippen molar-refractivity contribution in [2.24, 2.45) is 5.73 Å². The lowest BCUT2D eigenvalue weighted by Gasteiger charge is -2.12. The molecule has 1 atom stereocenters. The van der Waals surface area contributed by atoms with Crippen LogP contribution in [0.5, 0.6) is 0 Å². The molecule has 1 unspecified atom stereocenters. The van der Waals surface area contributed by atoms with Crippen LogP contribution in [0.2, 0.25) is 10.0 Å². The number of amides is 1. The monoisotopic (exact) mass is 246 g/mol. The predicted molar refractivity (Wildman–Crippen MR) is 62.4 cm³/mol. The van der Waals surface area contributed by atoms with Gasteiger partial charge in [-0.05, 0) is 25.1 Å². The van der Waals surface area contributed by atoms with E-state index in [2.05, 4.69) is 5.32 Å². The summed E-state index contributed by atoms with van der Waals surface area (Å²) in [6.07, 6.45) is 0. The minimum Gasteiger partial charge on any atom is -0.348 e. The highest BCUT2D eigenvalue weighted by Crippen LogP contribution is 2.20. The molecule has 0 aliphatic rings. The van der Waals surface area contributed by atoms with Gasteiger partial charge in [0.05, 0.1) is 10.6 Å². The van der Waals surface area contributed by atoms with Crippen molar-refractivity contribution < 1.29 is 4.79 Å². The van der Waals surface area contributed by atoms with Crippen LogP contribution in [0.1, 0.15) is 17.3 Å². The molecule has 0 heterocycles. The number of nitrogens with two attached hydrogens (primary N) is 1. The summed E-state index contributed by atoms with van der Waals surface area (Å²) in [7, 11) is 0. The quantitative estimate of drug-likeness (QED) is 0.859. The molecule has 15 heavy (non-hydrogen) atoms. The van der Waals surface area contributed by atoms with E-state index in [0.717, 1.165) is 0 Å². The molecule has 0 fully saturated rings. The van der Waals surface area contributed by atoms with E-state index in [-0.39, 0.29) is 11.9 Å². The van der Waals surface area contributed by atoms with Gasteiger partial charge in [0.1, 0.15) is 0 Å². The third kappa shape index (κ3) is 3.38. The molecule has 0 spiro atoms. The van der Waals surface area contributed by atoms with E-state index in [9.17, 15) is 4.79 Å². The number of carbonyl (C=O) groups excluding carboxylic acids is 1. The highest BCUT2D eigenvalue weighted by atomic mass is 35.5. The van der Waals surface area contributed by atoms with Crippen molar-refractivity contribution in [3.8, 4) is 0 Å². The number of nitrogens with one attached hydrogen (secondary N) is 1. The smallest absolute Gasteiger partial charge is 0.253 e. The molecule has 0 saturated carbocycles. The fourth-order valence-corrected chi connectivity index (χ4v) is 1.41. The second-order valence-electron chi connectivity index (χ2n) is 3.23. The Balaban J connectivity index is 2.86. The first-order valence-corrected chi connectivity index (χ1v) is 5.26. The topological polar surface area (TPSA) is 55.1 Å². The van der Waals surface area contributed by atoms with Gasteiger partial charge in [-0.1, -0.05) is 23.2 Å². The molecule has 0 aliphatic carbocycles. The standard InChI is InChI=1S/C10H12Cl2N2O/c1-6(5-13)14-10(15)8-4-7(11)2-3-9(8)12/h2-4,6H,5,13H2,1H3,(H,14,15). The van der Waals surface area contributed by atoms with Gasteiger partial charge in [0, 0.05) is 17.6 Å². The molecule has 1 aromatic carbocycles. The van der Waals surface area contributed by atoms with E-state index in [1.807, 2.05) is 6.92 Å². The second-order valence-corrected chi connectivity index (χ2v) is 4.08. The summed E-state index contributed by atoms with van der Waals surface area (Å²) in [5, 5.41) is 3.56. The molecule has 82 valence electrons. The summed E-state index contributed by atoms with van der Waals surface area (Å²) < 4.78 is 0. The summed E-state index contributed by atoms with van der Waals surface area (Å²) in [5.74, 6) is -0.263. The maximum Gasteiger partial charge on any atom is 0.253 e. The Morgan fingerprint density at radius 1 is 1.53 bits per heavy atom. The fourth-order valence-electron chi connectivity index (χ4n) is 1.03. The average Bonchev–Trinajstić information content (AvgIpc) is 2.21. The first kappa shape index (κ1) is 12.3. The van der Waals surface area contributed by atoms with Crippen LogP contribution < -0.4 is 11.1 Å². The molecular weight excluding hydrogens is 235 g/mol. The van der Waals surface area contributed by atoms with Gasteiger partial charge in [0.25, 0.3) is 5.91 Å². The summed E-state index contributed by atoms with van der Waals surface area (Å²) in [4.78, 5) is 11.7. The SMILES string of the molecule is CC(CN)NC(=O)c1cc(Cl)ccc1Cl. The highest BCUT2D eigenvalue weighted by Gasteiger charge is 2.12. The number of carbonyl (C=O) groups is 1. The summed E-state index contributed by atoms with van der Waals surface area (Å²) in [6.45, 7) is 2.19. The van der Waals surface area contributed by atoms with Crippen molar-refractivity contribution >= 4 is 29.1 Å². The van der Waals surface area contributed by atoms with Crippen molar-refractivity contribution in [1.82, 2.24) is 5.32 Å². The molecular formula is C10H12Cl2N2O. The van der Waals surface area contributed by atoms with E-state index in [1.54, 1.807) is 12.1 Å². The normalized spacial score (nSPS) is 12.3. The molecule has 3 nitrogen and oxygen atoms in total. The van der Waals surface area contributed by atoms with Crippen LogP contribution in [0.3, 0.4) is 0 Å². The van der Waals surface area contributed by atoms with Crippen LogP contribution in [0, 0.1) is 0 Å². The van der Waals surface area contributed by atoms with Gasteiger partial charge in [0.15, 0.2) is 0 Å². The van der Waals surface area contributed by atoms with E-state index in [4.69, 9.17) is 28.9 Å². The van der Waals surface area contributed by atoms with E-state index in [1.165, 1.54) is 6.07 Å². The van der Waals surface area contributed by atoms with E-state index >= 15 is 0 Å². The van der Waals surface area contributed by atoms with Crippen molar-refractivity contribution in [2.75, 3.05) is 6.54 Å². The Morgan fingerprint density at radius 3 is 2.80 bits per heavy atom. The molecule has 0 saturated heterocycles. The zero-order valence-electron chi connectivity index (χ0n) is 8.26. The minimum absolute atomic E-state index is 0.0902. The van der Waals surface area contributed by atoms with Crippen molar-refractivity contribution in [3.05, 3.63) is 33.8 Å². The molecule has 0 bridgehead atoms. The van der Waals surface area contributed by atoms with Gasteiger partial charge in [-0.2, -0.15) is 0 Å². The molecule has 1 aromatic rings. The maximum absolute atomic E-state index is 11.7. The maximum atomic E-state index is 11.7. The van der Waals surface area contributed by atoms with Gasteiger partial charge < -0.3 is 11.1 Å². The van der Waals surface area contributed by atoms with Gasteiger partial charge >= 0.3 is 0 Å².